The van der Waals surface area contributed by atoms with Gasteiger partial charge in [-0.15, -0.1) is 0 Å². The number of likely N-dealkylation sites (tertiary alicyclic amines) is 1. The first-order chi connectivity index (χ1) is 14.8. The second-order valence-electron chi connectivity index (χ2n) is 8.36. The number of imide groups is 1. The van der Waals surface area contributed by atoms with Crippen LogP contribution in [0.15, 0.2) is 18.2 Å². The van der Waals surface area contributed by atoms with E-state index in [-0.39, 0.29) is 30.4 Å². The number of nitrogens with zero attached hydrogens (tertiary/aromatic N) is 1. The normalized spacial score (nSPS) is 15.0. The lowest BCUT2D eigenvalue weighted by atomic mass is 9.96. The van der Waals surface area contributed by atoms with Gasteiger partial charge in [-0.25, -0.2) is 4.79 Å². The van der Waals surface area contributed by atoms with Crippen LogP contribution in [0.25, 0.3) is 0 Å². The molecule has 0 saturated carbocycles. The molecule has 4 amide bonds. The number of rotatable bonds is 9. The van der Waals surface area contributed by atoms with Crippen molar-refractivity contribution in [3.8, 4) is 0 Å². The Bertz CT molecular complexity index is 758. The number of amides is 4. The highest BCUT2D eigenvalue weighted by molar-refractivity contribution is 6.02. The number of nitrogens with one attached hydrogen (secondary N) is 3. The van der Waals surface area contributed by atoms with Crippen molar-refractivity contribution in [2.45, 2.75) is 53.1 Å². The Morgan fingerprint density at radius 1 is 1.16 bits per heavy atom. The second-order valence-corrected chi connectivity index (χ2v) is 8.36. The molecule has 0 spiro atoms. The van der Waals surface area contributed by atoms with Crippen LogP contribution in [0.1, 0.15) is 44.2 Å². The Morgan fingerprint density at radius 2 is 1.87 bits per heavy atom. The van der Waals surface area contributed by atoms with Gasteiger partial charge in [-0.3, -0.25) is 19.8 Å². The number of anilines is 1. The highest BCUT2D eigenvalue weighted by Crippen LogP contribution is 2.18. The monoisotopic (exact) mass is 432 g/mol. The maximum Gasteiger partial charge on any atom is 0.325 e. The molecule has 8 nitrogen and oxygen atoms in total. The van der Waals surface area contributed by atoms with Crippen LogP contribution in [0.4, 0.5) is 10.5 Å². The Morgan fingerprint density at radius 3 is 2.55 bits per heavy atom. The minimum absolute atomic E-state index is 0.0297. The van der Waals surface area contributed by atoms with E-state index in [9.17, 15) is 14.4 Å². The number of benzene rings is 1. The van der Waals surface area contributed by atoms with Gasteiger partial charge in [0.05, 0.1) is 12.6 Å². The number of ether oxygens (including phenoxy) is 1. The lowest BCUT2D eigenvalue weighted by Crippen LogP contribution is -2.46. The highest BCUT2D eigenvalue weighted by Gasteiger charge is 2.26. The van der Waals surface area contributed by atoms with Crippen molar-refractivity contribution in [3.05, 3.63) is 29.3 Å². The van der Waals surface area contributed by atoms with Crippen LogP contribution < -0.4 is 16.0 Å². The maximum absolute atomic E-state index is 12.3. The van der Waals surface area contributed by atoms with E-state index >= 15 is 0 Å². The van der Waals surface area contributed by atoms with Gasteiger partial charge in [0, 0.05) is 24.8 Å². The number of aryl methyl sites for hydroxylation is 1. The summed E-state index contributed by atoms with van der Waals surface area (Å²) in [5, 5.41) is 8.08. The van der Waals surface area contributed by atoms with Gasteiger partial charge in [-0.2, -0.15) is 0 Å². The SMILES string of the molecule is Cc1cccc(NC(=O)NC(=O)CN2CCC(C(=O)NCCCOC(C)C)CC2)c1C. The molecule has 0 aromatic heterocycles. The minimum Gasteiger partial charge on any atom is -0.379 e. The van der Waals surface area contributed by atoms with E-state index in [1.807, 2.05) is 44.7 Å². The van der Waals surface area contributed by atoms with Crippen molar-refractivity contribution >= 4 is 23.5 Å². The van der Waals surface area contributed by atoms with Crippen molar-refractivity contribution in [1.29, 1.82) is 0 Å². The summed E-state index contributed by atoms with van der Waals surface area (Å²) in [4.78, 5) is 38.6. The molecule has 1 aromatic carbocycles. The van der Waals surface area contributed by atoms with Crippen LogP contribution in [0, 0.1) is 19.8 Å². The van der Waals surface area contributed by atoms with E-state index < -0.39 is 6.03 Å². The quantitative estimate of drug-likeness (QED) is 0.521. The Hall–Kier alpha value is -2.45. The molecule has 1 saturated heterocycles. The molecule has 1 aliphatic heterocycles. The van der Waals surface area contributed by atoms with E-state index in [1.54, 1.807) is 6.07 Å². The van der Waals surface area contributed by atoms with Crippen molar-refractivity contribution in [3.63, 3.8) is 0 Å². The number of urea groups is 1. The third kappa shape index (κ3) is 8.67. The molecule has 3 N–H and O–H groups in total. The summed E-state index contributed by atoms with van der Waals surface area (Å²) in [5.74, 6) is -0.310. The van der Waals surface area contributed by atoms with Crippen LogP contribution in [0.2, 0.25) is 0 Å². The highest BCUT2D eigenvalue weighted by atomic mass is 16.5. The Kier molecular flexibility index (Phi) is 9.94. The zero-order valence-electron chi connectivity index (χ0n) is 19.1. The Balaban J connectivity index is 1.65. The fourth-order valence-corrected chi connectivity index (χ4v) is 3.51. The molecule has 0 aliphatic carbocycles. The van der Waals surface area contributed by atoms with Crippen LogP contribution in [-0.2, 0) is 14.3 Å². The molecular formula is C23H36N4O4. The van der Waals surface area contributed by atoms with E-state index in [2.05, 4.69) is 16.0 Å². The number of hydrogen-bond acceptors (Lipinski definition) is 5. The predicted octanol–water partition coefficient (Wildman–Crippen LogP) is 2.59. The zero-order valence-corrected chi connectivity index (χ0v) is 19.1. The van der Waals surface area contributed by atoms with Crippen LogP contribution in [-0.4, -0.2) is 61.6 Å². The molecule has 1 aromatic rings. The Labute approximate surface area is 185 Å². The van der Waals surface area contributed by atoms with E-state index in [0.29, 0.717) is 44.8 Å². The smallest absolute Gasteiger partial charge is 0.325 e. The first-order valence-corrected chi connectivity index (χ1v) is 11.0. The lowest BCUT2D eigenvalue weighted by Gasteiger charge is -2.30. The third-order valence-electron chi connectivity index (χ3n) is 5.50. The van der Waals surface area contributed by atoms with E-state index in [0.717, 1.165) is 17.5 Å². The fourth-order valence-electron chi connectivity index (χ4n) is 3.51. The zero-order chi connectivity index (χ0) is 22.8. The summed E-state index contributed by atoms with van der Waals surface area (Å²) in [6.07, 6.45) is 2.41. The summed E-state index contributed by atoms with van der Waals surface area (Å²) < 4.78 is 5.47. The van der Waals surface area contributed by atoms with Gasteiger partial charge in [0.2, 0.25) is 11.8 Å². The summed E-state index contributed by atoms with van der Waals surface area (Å²) >= 11 is 0. The van der Waals surface area contributed by atoms with Gasteiger partial charge >= 0.3 is 6.03 Å². The molecular weight excluding hydrogens is 396 g/mol. The minimum atomic E-state index is -0.533. The molecule has 1 fully saturated rings. The molecule has 0 atom stereocenters. The molecule has 0 bridgehead atoms. The first kappa shape index (κ1) is 24.8. The summed E-state index contributed by atoms with van der Waals surface area (Å²) in [5.41, 5.74) is 2.73. The molecule has 0 unspecified atom stereocenters. The van der Waals surface area contributed by atoms with Gasteiger partial charge in [0.15, 0.2) is 0 Å². The fraction of sp³-hybridized carbons (Fsp3) is 0.609. The molecule has 8 heteroatoms. The summed E-state index contributed by atoms with van der Waals surface area (Å²) in [6, 6.07) is 5.10. The lowest BCUT2D eigenvalue weighted by molar-refractivity contribution is -0.126. The predicted molar refractivity (Wildman–Crippen MR) is 121 cm³/mol. The summed E-state index contributed by atoms with van der Waals surface area (Å²) in [6.45, 7) is 10.6. The molecule has 0 radical (unpaired) electrons. The molecule has 1 aliphatic rings. The second kappa shape index (κ2) is 12.4. The van der Waals surface area contributed by atoms with Gasteiger partial charge in [-0.1, -0.05) is 12.1 Å². The molecule has 2 rings (SSSR count). The topological polar surface area (TPSA) is 99.8 Å². The molecule has 1 heterocycles. The number of carbonyl (C=O) groups is 3. The van der Waals surface area contributed by atoms with Crippen LogP contribution in [0.3, 0.4) is 0 Å². The summed E-state index contributed by atoms with van der Waals surface area (Å²) in [7, 11) is 0. The molecule has 31 heavy (non-hydrogen) atoms. The average molecular weight is 433 g/mol. The van der Waals surface area contributed by atoms with Crippen LogP contribution >= 0.6 is 0 Å². The number of piperidine rings is 1. The van der Waals surface area contributed by atoms with Gasteiger partial charge in [-0.05, 0) is 77.2 Å². The van der Waals surface area contributed by atoms with Crippen molar-refractivity contribution in [2.24, 2.45) is 5.92 Å². The van der Waals surface area contributed by atoms with E-state index in [4.69, 9.17) is 4.74 Å². The first-order valence-electron chi connectivity index (χ1n) is 11.0. The number of carbonyl (C=O) groups excluding carboxylic acids is 3. The van der Waals surface area contributed by atoms with Crippen LogP contribution in [0.5, 0.6) is 0 Å². The van der Waals surface area contributed by atoms with Crippen molar-refractivity contribution < 1.29 is 19.1 Å². The average Bonchev–Trinajstić information content (AvgIpc) is 2.71. The molecule has 172 valence electrons. The van der Waals surface area contributed by atoms with E-state index in [1.165, 1.54) is 0 Å². The van der Waals surface area contributed by atoms with Gasteiger partial charge in [0.25, 0.3) is 0 Å². The van der Waals surface area contributed by atoms with Gasteiger partial charge in [0.1, 0.15) is 0 Å². The third-order valence-corrected chi connectivity index (χ3v) is 5.50. The number of hydrogen-bond donors (Lipinski definition) is 3. The standard InChI is InChI=1S/C23H36N4O4/c1-16(2)31-14-6-11-24-22(29)19-9-12-27(13-10-19)15-21(28)26-23(30)25-20-8-5-7-17(3)18(20)4/h5,7-8,16,19H,6,9-15H2,1-4H3,(H,24,29)(H2,25,26,28,30). The maximum atomic E-state index is 12.3. The van der Waals surface area contributed by atoms with Gasteiger partial charge < -0.3 is 15.4 Å². The van der Waals surface area contributed by atoms with Crippen molar-refractivity contribution in [1.82, 2.24) is 15.5 Å². The van der Waals surface area contributed by atoms with Crippen molar-refractivity contribution in [2.75, 3.05) is 38.1 Å². The largest absolute Gasteiger partial charge is 0.379 e.